The van der Waals surface area contributed by atoms with E-state index >= 15 is 0 Å². The number of ether oxygens (including phenoxy) is 5. The van der Waals surface area contributed by atoms with Crippen molar-refractivity contribution in [1.29, 1.82) is 0 Å². The molecule has 3 aromatic rings. The fourth-order valence-corrected chi connectivity index (χ4v) is 7.63. The number of esters is 1. The zero-order valence-electron chi connectivity index (χ0n) is 27.7. The Balaban J connectivity index is 1.26. The molecule has 6 rings (SSSR count). The summed E-state index contributed by atoms with van der Waals surface area (Å²) >= 11 is 14.1. The molecule has 1 saturated carbocycles. The van der Waals surface area contributed by atoms with Crippen LogP contribution in [0.4, 0.5) is 8.78 Å². The molecule has 0 N–H and O–H groups in total. The lowest BCUT2D eigenvalue weighted by atomic mass is 10.0. The molecule has 1 aromatic heterocycles. The summed E-state index contributed by atoms with van der Waals surface area (Å²) in [4.78, 5) is 31.6. The zero-order valence-corrected chi connectivity index (χ0v) is 30.1. The van der Waals surface area contributed by atoms with Gasteiger partial charge in [-0.2, -0.15) is 13.5 Å². The number of nitrogens with zero attached hydrogens (tertiary/aromatic N) is 3. The van der Waals surface area contributed by atoms with Gasteiger partial charge < -0.3 is 33.8 Å². The topological polar surface area (TPSA) is 114 Å². The maximum atomic E-state index is 14.0. The minimum Gasteiger partial charge on any atom is -0.619 e. The van der Waals surface area contributed by atoms with Crippen molar-refractivity contribution in [2.45, 2.75) is 43.9 Å². The molecule has 1 amide bonds. The van der Waals surface area contributed by atoms with E-state index in [0.29, 0.717) is 71.8 Å². The third kappa shape index (κ3) is 9.46. The minimum absolute atomic E-state index is 0.0424. The lowest BCUT2D eigenvalue weighted by Gasteiger charge is -2.28. The third-order valence-electron chi connectivity index (χ3n) is 8.81. The fraction of sp³-hybridized carbons (Fsp3) is 0.457. The first-order valence-corrected chi connectivity index (χ1v) is 18.3. The summed E-state index contributed by atoms with van der Waals surface area (Å²) in [6, 6.07) is 9.50. The van der Waals surface area contributed by atoms with E-state index in [4.69, 9.17) is 46.9 Å². The maximum absolute atomic E-state index is 14.0. The number of benzene rings is 2. The van der Waals surface area contributed by atoms with Crippen LogP contribution in [0.25, 0.3) is 0 Å². The molecule has 274 valence electrons. The number of hydrogen-bond donors (Lipinski definition) is 0. The van der Waals surface area contributed by atoms with Crippen LogP contribution < -0.4 is 18.9 Å². The average molecular weight is 769 g/mol. The second kappa shape index (κ2) is 16.8. The number of halogens is 4. The summed E-state index contributed by atoms with van der Waals surface area (Å²) in [7, 11) is 1.58. The van der Waals surface area contributed by atoms with Gasteiger partial charge in [-0.25, -0.2) is 4.79 Å². The molecular weight excluding hydrogens is 731 g/mol. The number of hydrogen-bond acceptors (Lipinski definition) is 10. The van der Waals surface area contributed by atoms with Gasteiger partial charge in [0.05, 0.1) is 26.9 Å². The van der Waals surface area contributed by atoms with Crippen molar-refractivity contribution < 1.29 is 46.8 Å². The monoisotopic (exact) mass is 767 g/mol. The molecule has 16 heteroatoms. The van der Waals surface area contributed by atoms with Gasteiger partial charge in [0.2, 0.25) is 0 Å². The van der Waals surface area contributed by atoms with Crippen molar-refractivity contribution >= 4 is 46.8 Å². The maximum Gasteiger partial charge on any atom is 0.387 e. The highest BCUT2D eigenvalue weighted by Gasteiger charge is 2.38. The van der Waals surface area contributed by atoms with Gasteiger partial charge in [0.15, 0.2) is 29.3 Å². The SMILES string of the molecule is COc1ccc(C(=O)N2CCS[C@H]2C(=O)OC(Cc2c(Cl)c[n+]([O-])cc2Cl)c2ccc(OC(F)F)c(OCC3CC3)c2)cc1CN1CCOCC1. The van der Waals surface area contributed by atoms with Crippen molar-refractivity contribution in [2.24, 2.45) is 5.92 Å². The number of carbonyl (C=O) groups excluding carboxylic acids is 2. The predicted octanol–water partition coefficient (Wildman–Crippen LogP) is 5.90. The summed E-state index contributed by atoms with van der Waals surface area (Å²) in [5, 5.41) is 11.1. The van der Waals surface area contributed by atoms with Crippen molar-refractivity contribution in [1.82, 2.24) is 9.80 Å². The van der Waals surface area contributed by atoms with Crippen molar-refractivity contribution in [2.75, 3.05) is 52.3 Å². The molecule has 3 fully saturated rings. The van der Waals surface area contributed by atoms with Gasteiger partial charge in [-0.1, -0.05) is 29.3 Å². The van der Waals surface area contributed by atoms with E-state index in [1.54, 1.807) is 25.3 Å². The third-order valence-corrected chi connectivity index (χ3v) is 10.6. The quantitative estimate of drug-likeness (QED) is 0.112. The van der Waals surface area contributed by atoms with Gasteiger partial charge in [-0.15, -0.1) is 11.8 Å². The Labute approximate surface area is 308 Å². The van der Waals surface area contributed by atoms with Gasteiger partial charge in [0.25, 0.3) is 5.91 Å². The number of alkyl halides is 2. The number of methoxy groups -OCH3 is 1. The largest absolute Gasteiger partial charge is 0.619 e. The Morgan fingerprint density at radius 2 is 1.76 bits per heavy atom. The Morgan fingerprint density at radius 3 is 2.45 bits per heavy atom. The van der Waals surface area contributed by atoms with Crippen molar-refractivity contribution in [3.63, 3.8) is 0 Å². The van der Waals surface area contributed by atoms with Gasteiger partial charge in [-0.05, 0) is 54.7 Å². The van der Waals surface area contributed by atoms with Gasteiger partial charge in [0.1, 0.15) is 21.9 Å². The summed E-state index contributed by atoms with van der Waals surface area (Å²) in [6.07, 6.45) is 3.04. The second-order valence-corrected chi connectivity index (χ2v) is 14.4. The predicted molar refractivity (Wildman–Crippen MR) is 186 cm³/mol. The van der Waals surface area contributed by atoms with Crippen LogP contribution >= 0.6 is 35.0 Å². The second-order valence-electron chi connectivity index (χ2n) is 12.4. The Kier molecular flexibility index (Phi) is 12.3. The van der Waals surface area contributed by atoms with Gasteiger partial charge in [-0.3, -0.25) is 9.69 Å². The summed E-state index contributed by atoms with van der Waals surface area (Å²) in [6.45, 7) is 0.857. The molecule has 11 nitrogen and oxygen atoms in total. The molecule has 2 aromatic carbocycles. The normalized spacial score (nSPS) is 18.5. The van der Waals surface area contributed by atoms with Gasteiger partial charge in [0, 0.05) is 55.0 Å². The molecule has 3 heterocycles. The standard InChI is InChI=1S/C35H37Cl2F2N3O8S/c1-46-28-6-5-23(14-24(28)17-40-8-11-47-12-9-40)32(43)42-10-13-51-33(42)34(44)49-30(16-25-26(36)18-41(45)19-27(25)37)22-4-7-29(50-35(38)39)31(15-22)48-20-21-2-3-21/h4-7,14-15,18-19,21,30,33,35H,2-3,8-13,16-17,20H2,1H3/t30?,33-/m0/s1. The molecule has 3 aliphatic rings. The number of rotatable bonds is 14. The molecule has 1 aliphatic carbocycles. The van der Waals surface area contributed by atoms with Crippen molar-refractivity contribution in [3.05, 3.63) is 86.3 Å². The average Bonchev–Trinajstić information content (AvgIpc) is 3.81. The van der Waals surface area contributed by atoms with Crippen LogP contribution in [0.3, 0.4) is 0 Å². The van der Waals surface area contributed by atoms with Crippen LogP contribution in [-0.4, -0.2) is 86.0 Å². The van der Waals surface area contributed by atoms with Crippen LogP contribution in [0.5, 0.6) is 17.2 Å². The van der Waals surface area contributed by atoms with E-state index in [1.807, 2.05) is 0 Å². The highest BCUT2D eigenvalue weighted by atomic mass is 35.5. The van der Waals surface area contributed by atoms with Crippen LogP contribution in [0.1, 0.15) is 46.0 Å². The highest BCUT2D eigenvalue weighted by Crippen LogP contribution is 2.39. The van der Waals surface area contributed by atoms with E-state index in [-0.39, 0.29) is 33.9 Å². The van der Waals surface area contributed by atoms with E-state index in [9.17, 15) is 23.6 Å². The molecule has 0 spiro atoms. The van der Waals surface area contributed by atoms with Crippen molar-refractivity contribution in [3.8, 4) is 17.2 Å². The molecule has 0 bridgehead atoms. The number of pyridine rings is 1. The molecule has 1 unspecified atom stereocenters. The number of amides is 1. The molecule has 0 radical (unpaired) electrons. The fourth-order valence-electron chi connectivity index (χ4n) is 5.93. The van der Waals surface area contributed by atoms with Gasteiger partial charge >= 0.3 is 12.6 Å². The number of aromatic nitrogens is 1. The molecule has 2 atom stereocenters. The Morgan fingerprint density at radius 1 is 1.04 bits per heavy atom. The van der Waals surface area contributed by atoms with Crippen LogP contribution in [0.2, 0.25) is 10.0 Å². The van der Waals surface area contributed by atoms with Crippen LogP contribution in [-0.2, 0) is 27.2 Å². The Hall–Kier alpha value is -3.56. The van der Waals surface area contributed by atoms with E-state index < -0.39 is 24.1 Å². The van der Waals surface area contributed by atoms with E-state index in [1.165, 1.54) is 34.9 Å². The van der Waals surface area contributed by atoms with Crippen LogP contribution in [0.15, 0.2) is 48.8 Å². The first-order chi connectivity index (χ1) is 24.6. The molecular formula is C35H37Cl2F2N3O8S. The molecule has 51 heavy (non-hydrogen) atoms. The summed E-state index contributed by atoms with van der Waals surface area (Å²) < 4.78 is 54.7. The summed E-state index contributed by atoms with van der Waals surface area (Å²) in [5.74, 6) is 0.300. The smallest absolute Gasteiger partial charge is 0.387 e. The summed E-state index contributed by atoms with van der Waals surface area (Å²) in [5.41, 5.74) is 1.95. The molecule has 2 saturated heterocycles. The highest BCUT2D eigenvalue weighted by molar-refractivity contribution is 8.00. The number of carbonyl (C=O) groups is 2. The lowest BCUT2D eigenvalue weighted by molar-refractivity contribution is -0.605. The Bertz CT molecular complexity index is 1710. The van der Waals surface area contributed by atoms with E-state index in [2.05, 4.69) is 4.90 Å². The molecule has 2 aliphatic heterocycles. The lowest BCUT2D eigenvalue weighted by Crippen LogP contribution is -2.41. The van der Waals surface area contributed by atoms with E-state index in [0.717, 1.165) is 43.9 Å². The number of thioether (sulfide) groups is 1. The first-order valence-electron chi connectivity index (χ1n) is 16.5. The minimum atomic E-state index is -3.09. The zero-order chi connectivity index (χ0) is 36.1. The number of morpholine rings is 1. The first kappa shape index (κ1) is 37.2. The van der Waals surface area contributed by atoms with Crippen LogP contribution in [0, 0.1) is 11.1 Å².